The molecule has 0 bridgehead atoms. The highest BCUT2D eigenvalue weighted by molar-refractivity contribution is 6.23. The standard InChI is InChI=1S/C19H16/c1-12(2)17-10-15-8-6-13-4-3-5-14-7-9-16(11-17)19(15)18(13)14/h3-12H,1-2H3. The minimum Gasteiger partial charge on any atom is -0.0610 e. The largest absolute Gasteiger partial charge is 0.0610 e. The first-order valence-corrected chi connectivity index (χ1v) is 6.91. The van der Waals surface area contributed by atoms with E-state index >= 15 is 0 Å². The predicted octanol–water partition coefficient (Wildman–Crippen LogP) is 5.71. The highest BCUT2D eigenvalue weighted by atomic mass is 14.1. The van der Waals surface area contributed by atoms with Crippen LogP contribution < -0.4 is 0 Å². The molecule has 0 aliphatic heterocycles. The van der Waals surface area contributed by atoms with Gasteiger partial charge in [0.25, 0.3) is 0 Å². The average molecular weight is 244 g/mol. The first-order valence-electron chi connectivity index (χ1n) is 6.91. The monoisotopic (exact) mass is 244 g/mol. The van der Waals surface area contributed by atoms with E-state index in [4.69, 9.17) is 0 Å². The summed E-state index contributed by atoms with van der Waals surface area (Å²) in [5.41, 5.74) is 1.42. The molecule has 4 rings (SSSR count). The summed E-state index contributed by atoms with van der Waals surface area (Å²) in [5, 5.41) is 8.24. The van der Waals surface area contributed by atoms with Crippen LogP contribution in [0, 0.1) is 0 Å². The molecule has 0 atom stereocenters. The summed E-state index contributed by atoms with van der Waals surface area (Å²) < 4.78 is 0. The molecule has 4 aromatic rings. The Kier molecular flexibility index (Phi) is 2.11. The molecule has 0 amide bonds. The van der Waals surface area contributed by atoms with Crippen molar-refractivity contribution < 1.29 is 0 Å². The van der Waals surface area contributed by atoms with Crippen LogP contribution in [0.1, 0.15) is 25.3 Å². The topological polar surface area (TPSA) is 0 Å². The van der Waals surface area contributed by atoms with Gasteiger partial charge in [0.05, 0.1) is 0 Å². The fourth-order valence-corrected chi connectivity index (χ4v) is 3.11. The molecular weight excluding hydrogens is 228 g/mol. The number of hydrogen-bond donors (Lipinski definition) is 0. The van der Waals surface area contributed by atoms with E-state index < -0.39 is 0 Å². The van der Waals surface area contributed by atoms with Crippen LogP contribution in [0.5, 0.6) is 0 Å². The third-order valence-electron chi connectivity index (χ3n) is 4.15. The lowest BCUT2D eigenvalue weighted by Crippen LogP contribution is -1.90. The Morgan fingerprint density at radius 3 is 1.63 bits per heavy atom. The van der Waals surface area contributed by atoms with E-state index in [-0.39, 0.29) is 0 Å². The van der Waals surface area contributed by atoms with Gasteiger partial charge < -0.3 is 0 Å². The van der Waals surface area contributed by atoms with Gasteiger partial charge in [-0.25, -0.2) is 0 Å². The highest BCUT2D eigenvalue weighted by Gasteiger charge is 2.09. The Bertz CT molecular complexity index is 820. The second kappa shape index (κ2) is 3.71. The third-order valence-corrected chi connectivity index (χ3v) is 4.15. The maximum atomic E-state index is 2.35. The summed E-state index contributed by atoms with van der Waals surface area (Å²) in [5.74, 6) is 0.571. The molecule has 0 heteroatoms. The maximum absolute atomic E-state index is 2.35. The van der Waals surface area contributed by atoms with Crippen LogP contribution in [-0.4, -0.2) is 0 Å². The number of benzene rings is 4. The Morgan fingerprint density at radius 1 is 0.632 bits per heavy atom. The van der Waals surface area contributed by atoms with Gasteiger partial charge in [-0.15, -0.1) is 0 Å². The van der Waals surface area contributed by atoms with Gasteiger partial charge >= 0.3 is 0 Å². The van der Waals surface area contributed by atoms with E-state index in [1.54, 1.807) is 0 Å². The van der Waals surface area contributed by atoms with Crippen LogP contribution >= 0.6 is 0 Å². The van der Waals surface area contributed by atoms with Crippen LogP contribution in [-0.2, 0) is 0 Å². The van der Waals surface area contributed by atoms with Crippen molar-refractivity contribution in [2.45, 2.75) is 19.8 Å². The molecule has 19 heavy (non-hydrogen) atoms. The molecule has 0 nitrogen and oxygen atoms in total. The second-order valence-electron chi connectivity index (χ2n) is 5.71. The van der Waals surface area contributed by atoms with Gasteiger partial charge in [0.15, 0.2) is 0 Å². The van der Waals surface area contributed by atoms with Crippen molar-refractivity contribution in [2.75, 3.05) is 0 Å². The number of rotatable bonds is 1. The van der Waals surface area contributed by atoms with Crippen molar-refractivity contribution in [2.24, 2.45) is 0 Å². The zero-order chi connectivity index (χ0) is 13.0. The van der Waals surface area contributed by atoms with E-state index in [0.29, 0.717) is 5.92 Å². The average Bonchev–Trinajstić information content (AvgIpc) is 2.44. The first kappa shape index (κ1) is 10.8. The summed E-state index contributed by atoms with van der Waals surface area (Å²) in [6.45, 7) is 4.51. The Balaban J connectivity index is 2.28. The molecule has 0 radical (unpaired) electrons. The molecule has 0 fully saturated rings. The van der Waals surface area contributed by atoms with Gasteiger partial charge in [-0.3, -0.25) is 0 Å². The normalized spacial score (nSPS) is 12.2. The van der Waals surface area contributed by atoms with Crippen LogP contribution in [0.2, 0.25) is 0 Å². The Morgan fingerprint density at radius 2 is 1.11 bits per heavy atom. The van der Waals surface area contributed by atoms with Crippen LogP contribution in [0.4, 0.5) is 0 Å². The molecule has 0 unspecified atom stereocenters. The van der Waals surface area contributed by atoms with Gasteiger partial charge in [0.2, 0.25) is 0 Å². The van der Waals surface area contributed by atoms with E-state index in [2.05, 4.69) is 68.4 Å². The molecule has 0 saturated carbocycles. The first-order chi connectivity index (χ1) is 9.24. The zero-order valence-corrected chi connectivity index (χ0v) is 11.3. The molecule has 0 aliphatic carbocycles. The molecule has 0 aliphatic rings. The molecule has 0 aromatic heterocycles. The van der Waals surface area contributed by atoms with Crippen molar-refractivity contribution in [1.29, 1.82) is 0 Å². The number of hydrogen-bond acceptors (Lipinski definition) is 0. The van der Waals surface area contributed by atoms with E-state index in [0.717, 1.165) is 0 Å². The highest BCUT2D eigenvalue weighted by Crippen LogP contribution is 2.36. The lowest BCUT2D eigenvalue weighted by molar-refractivity contribution is 0.870. The van der Waals surface area contributed by atoms with Gasteiger partial charge in [-0.1, -0.05) is 68.4 Å². The van der Waals surface area contributed by atoms with E-state index in [9.17, 15) is 0 Å². The minimum absolute atomic E-state index is 0.571. The van der Waals surface area contributed by atoms with Crippen molar-refractivity contribution in [1.82, 2.24) is 0 Å². The fraction of sp³-hybridized carbons (Fsp3) is 0.158. The predicted molar refractivity (Wildman–Crippen MR) is 84.2 cm³/mol. The zero-order valence-electron chi connectivity index (χ0n) is 11.3. The molecule has 0 heterocycles. The Hall–Kier alpha value is -2.08. The second-order valence-corrected chi connectivity index (χ2v) is 5.71. The van der Waals surface area contributed by atoms with Gasteiger partial charge in [-0.2, -0.15) is 0 Å². The minimum atomic E-state index is 0.571. The molecule has 0 saturated heterocycles. The molecular formula is C19H16. The van der Waals surface area contributed by atoms with Crippen LogP contribution in [0.25, 0.3) is 32.3 Å². The lowest BCUT2D eigenvalue weighted by Gasteiger charge is -2.13. The molecule has 0 N–H and O–H groups in total. The summed E-state index contributed by atoms with van der Waals surface area (Å²) in [7, 11) is 0. The summed E-state index contributed by atoms with van der Waals surface area (Å²) in [6.07, 6.45) is 0. The van der Waals surface area contributed by atoms with Crippen molar-refractivity contribution in [3.05, 3.63) is 60.2 Å². The summed E-state index contributed by atoms with van der Waals surface area (Å²) in [4.78, 5) is 0. The SMILES string of the molecule is CC(C)c1cc2ccc3cccc4ccc(c1)c2c34. The van der Waals surface area contributed by atoms with Gasteiger partial charge in [0, 0.05) is 0 Å². The molecule has 92 valence electrons. The fourth-order valence-electron chi connectivity index (χ4n) is 3.11. The van der Waals surface area contributed by atoms with Crippen molar-refractivity contribution in [3.63, 3.8) is 0 Å². The smallest absolute Gasteiger partial charge is 0.00266 e. The summed E-state index contributed by atoms with van der Waals surface area (Å²) in [6, 6.07) is 20.3. The van der Waals surface area contributed by atoms with Crippen LogP contribution in [0.15, 0.2) is 54.6 Å². The van der Waals surface area contributed by atoms with E-state index in [1.807, 2.05) is 0 Å². The molecule has 4 aromatic carbocycles. The van der Waals surface area contributed by atoms with Gasteiger partial charge in [0.1, 0.15) is 0 Å². The van der Waals surface area contributed by atoms with Crippen molar-refractivity contribution in [3.8, 4) is 0 Å². The van der Waals surface area contributed by atoms with Gasteiger partial charge in [-0.05, 0) is 43.8 Å². The quantitative estimate of drug-likeness (QED) is 0.376. The molecule has 0 spiro atoms. The summed E-state index contributed by atoms with van der Waals surface area (Å²) >= 11 is 0. The van der Waals surface area contributed by atoms with Crippen molar-refractivity contribution >= 4 is 32.3 Å². The third kappa shape index (κ3) is 1.46. The Labute approximate surface area is 113 Å². The maximum Gasteiger partial charge on any atom is -0.00266 e. The lowest BCUT2D eigenvalue weighted by atomic mass is 9.91. The van der Waals surface area contributed by atoms with Crippen LogP contribution in [0.3, 0.4) is 0 Å². The van der Waals surface area contributed by atoms with E-state index in [1.165, 1.54) is 37.9 Å².